The van der Waals surface area contributed by atoms with E-state index in [9.17, 15) is 0 Å². The Morgan fingerprint density at radius 1 is 0.556 bits per heavy atom. The predicted octanol–water partition coefficient (Wildman–Crippen LogP) is 4.88. The van der Waals surface area contributed by atoms with E-state index in [2.05, 4.69) is 72.8 Å². The van der Waals surface area contributed by atoms with Crippen LogP contribution in [-0.4, -0.2) is 13.3 Å². The van der Waals surface area contributed by atoms with Crippen LogP contribution in [0.2, 0.25) is 0 Å². The van der Waals surface area contributed by atoms with Crippen molar-refractivity contribution in [1.82, 2.24) is 0 Å². The molecule has 0 N–H and O–H groups in total. The third-order valence-electron chi connectivity index (χ3n) is 5.72. The third-order valence-corrected chi connectivity index (χ3v) is 15.4. The molecular weight excluding hydrogens is 392 g/mol. The van der Waals surface area contributed by atoms with Crippen molar-refractivity contribution in [2.75, 3.05) is 0 Å². The van der Waals surface area contributed by atoms with Crippen LogP contribution in [0.25, 0.3) is 0 Å². The van der Waals surface area contributed by atoms with Gasteiger partial charge in [-0.2, -0.15) is 0 Å². The minimum absolute atomic E-state index is 0.207. The van der Waals surface area contributed by atoms with Crippen LogP contribution in [0, 0.1) is 0 Å². The molecule has 0 aliphatic heterocycles. The Balaban J connectivity index is 2.07. The molecule has 1 fully saturated rings. The first-order valence-corrected chi connectivity index (χ1v) is 14.1. The molecule has 0 bridgehead atoms. The van der Waals surface area contributed by atoms with Gasteiger partial charge in [-0.3, -0.25) is 0 Å². The topological polar surface area (TPSA) is 0 Å². The second-order valence-electron chi connectivity index (χ2n) is 7.33. The summed E-state index contributed by atoms with van der Waals surface area (Å²) < 4.78 is 20.4. The molecule has 0 aromatic heterocycles. The summed E-state index contributed by atoms with van der Waals surface area (Å²) in [7, 11) is 0. The molecule has 0 heterocycles. The Hall–Kier alpha value is -2.13. The van der Waals surface area contributed by atoms with Crippen LogP contribution < -0.4 is 13.2 Å². The van der Waals surface area contributed by atoms with Crippen molar-refractivity contribution in [3.63, 3.8) is 0 Å². The summed E-state index contributed by atoms with van der Waals surface area (Å²) in [5.74, 6) is 0. The van der Waals surface area contributed by atoms with Gasteiger partial charge < -0.3 is 0 Å². The van der Waals surface area contributed by atoms with Crippen molar-refractivity contribution in [3.05, 3.63) is 101 Å². The Bertz CT molecular complexity index is 796. The number of hydrogen-bond acceptors (Lipinski definition) is 0. The molecule has 1 saturated carbocycles. The zero-order valence-corrected chi connectivity index (χ0v) is 17.7. The second-order valence-corrected chi connectivity index (χ2v) is 15.0. The summed E-state index contributed by atoms with van der Waals surface area (Å²) in [4.78, 5) is 0. The molecule has 0 nitrogen and oxygen atoms in total. The van der Waals surface area contributed by atoms with Crippen molar-refractivity contribution in [2.24, 2.45) is 0 Å². The summed E-state index contributed by atoms with van der Waals surface area (Å²) in [6.07, 6.45) is 5.26. The second kappa shape index (κ2) is 8.27. The number of hydrogen-bond donors (Lipinski definition) is 0. The quantitative estimate of drug-likeness (QED) is 0.531. The molecule has 0 amide bonds. The molecule has 1 aliphatic carbocycles. The van der Waals surface area contributed by atoms with Gasteiger partial charge in [0, 0.05) is 0 Å². The molecule has 0 spiro atoms. The summed E-state index contributed by atoms with van der Waals surface area (Å²) in [5.41, 5.74) is 1.07. The fraction of sp³-hybridized carbons (Fsp3) is 0.200. The van der Waals surface area contributed by atoms with E-state index in [-0.39, 0.29) is 4.66 Å². The van der Waals surface area contributed by atoms with Crippen molar-refractivity contribution < 1.29 is 4.39 Å². The Morgan fingerprint density at radius 2 is 0.926 bits per heavy atom. The van der Waals surface area contributed by atoms with E-state index >= 15 is 4.39 Å². The summed E-state index contributed by atoms with van der Waals surface area (Å²) >= 11 is -3.60. The van der Waals surface area contributed by atoms with Gasteiger partial charge in [0.15, 0.2) is 0 Å². The Labute approximate surface area is 164 Å². The van der Waals surface area contributed by atoms with Crippen molar-refractivity contribution in [3.8, 4) is 0 Å². The first-order valence-electron chi connectivity index (χ1n) is 9.88. The van der Waals surface area contributed by atoms with Crippen LogP contribution in [0.15, 0.2) is 101 Å². The molecule has 27 heavy (non-hydrogen) atoms. The number of rotatable bonds is 4. The Morgan fingerprint density at radius 3 is 1.30 bits per heavy atom. The van der Waals surface area contributed by atoms with Crippen LogP contribution in [0.3, 0.4) is 0 Å². The van der Waals surface area contributed by atoms with Gasteiger partial charge in [0.25, 0.3) is 0 Å². The van der Waals surface area contributed by atoms with E-state index in [1.54, 1.807) is 0 Å². The van der Waals surface area contributed by atoms with E-state index in [1.807, 2.05) is 18.2 Å². The normalized spacial score (nSPS) is 14.8. The molecule has 3 aromatic rings. The van der Waals surface area contributed by atoms with Gasteiger partial charge in [-0.1, -0.05) is 0 Å². The van der Waals surface area contributed by atoms with Gasteiger partial charge in [-0.25, -0.2) is 0 Å². The SMILES string of the molecule is F[C](=C1CCCCC1)[Ge]([c]1ccccc1)([c]1ccccc1)[c]1ccccc1. The summed E-state index contributed by atoms with van der Waals surface area (Å²) in [6, 6.07) is 31.3. The number of benzene rings is 3. The van der Waals surface area contributed by atoms with Gasteiger partial charge in [-0.05, 0) is 0 Å². The van der Waals surface area contributed by atoms with E-state index < -0.39 is 13.3 Å². The standard InChI is InChI=1S/C25H25FGe/c26-25(21-13-5-1-6-14-21)27(22-15-7-2-8-16-22,23-17-9-3-10-18-23)24-19-11-4-12-20-24/h2-4,7-12,15-20H,1,5-6,13-14H2. The van der Waals surface area contributed by atoms with Crippen LogP contribution in [0.1, 0.15) is 32.1 Å². The molecule has 0 unspecified atom stereocenters. The van der Waals surface area contributed by atoms with E-state index in [0.717, 1.165) is 31.3 Å². The van der Waals surface area contributed by atoms with Gasteiger partial charge in [0.05, 0.1) is 0 Å². The van der Waals surface area contributed by atoms with Gasteiger partial charge in [-0.15, -0.1) is 0 Å². The van der Waals surface area contributed by atoms with Crippen molar-refractivity contribution in [1.29, 1.82) is 0 Å². The maximum atomic E-state index is 16.6. The third kappa shape index (κ3) is 3.41. The molecule has 3 aromatic carbocycles. The monoisotopic (exact) mass is 418 g/mol. The van der Waals surface area contributed by atoms with Crippen molar-refractivity contribution in [2.45, 2.75) is 32.1 Å². The first-order chi connectivity index (χ1) is 13.3. The van der Waals surface area contributed by atoms with Crippen LogP contribution >= 0.6 is 0 Å². The van der Waals surface area contributed by atoms with E-state index in [4.69, 9.17) is 0 Å². The van der Waals surface area contributed by atoms with Crippen molar-refractivity contribution >= 4 is 26.5 Å². The molecular formula is C25H25FGe. The molecule has 0 saturated heterocycles. The molecule has 2 heteroatoms. The fourth-order valence-electron chi connectivity index (χ4n) is 4.41. The Kier molecular flexibility index (Phi) is 5.59. The van der Waals surface area contributed by atoms with Crippen LogP contribution in [-0.2, 0) is 0 Å². The fourth-order valence-corrected chi connectivity index (χ4v) is 14.1. The van der Waals surface area contributed by atoms with Crippen LogP contribution in [0.5, 0.6) is 0 Å². The predicted molar refractivity (Wildman–Crippen MR) is 115 cm³/mol. The van der Waals surface area contributed by atoms with Gasteiger partial charge in [0.2, 0.25) is 0 Å². The summed E-state index contributed by atoms with van der Waals surface area (Å²) in [6.45, 7) is 0. The molecule has 136 valence electrons. The molecule has 4 rings (SSSR count). The molecule has 0 atom stereocenters. The summed E-state index contributed by atoms with van der Waals surface area (Å²) in [5, 5.41) is 0. The van der Waals surface area contributed by atoms with E-state index in [0.29, 0.717) is 0 Å². The number of allylic oxidation sites excluding steroid dienone is 1. The zero-order chi connectivity index (χ0) is 18.5. The first kappa shape index (κ1) is 18.2. The van der Waals surface area contributed by atoms with Gasteiger partial charge >= 0.3 is 164 Å². The van der Waals surface area contributed by atoms with Gasteiger partial charge in [0.1, 0.15) is 0 Å². The average Bonchev–Trinajstić information content (AvgIpc) is 2.77. The molecule has 1 aliphatic rings. The van der Waals surface area contributed by atoms with E-state index in [1.165, 1.54) is 19.6 Å². The van der Waals surface area contributed by atoms with Crippen LogP contribution in [0.4, 0.5) is 4.39 Å². The molecule has 0 radical (unpaired) electrons. The zero-order valence-electron chi connectivity index (χ0n) is 15.6. The minimum atomic E-state index is -3.60. The number of halogens is 1. The maximum absolute atomic E-state index is 16.6. The average molecular weight is 417 g/mol.